The van der Waals surface area contributed by atoms with Crippen LogP contribution in [0, 0.1) is 11.3 Å². The molecule has 0 heterocycles. The lowest BCUT2D eigenvalue weighted by Gasteiger charge is -2.15. The van der Waals surface area contributed by atoms with Gasteiger partial charge in [0.2, 0.25) is 11.9 Å². The molecule has 0 fully saturated rings. The van der Waals surface area contributed by atoms with E-state index < -0.39 is 23.9 Å². The van der Waals surface area contributed by atoms with Crippen LogP contribution in [0.1, 0.15) is 31.4 Å². The summed E-state index contributed by atoms with van der Waals surface area (Å²) in [5, 5.41) is 11.1. The molecule has 0 saturated carbocycles. The van der Waals surface area contributed by atoms with Crippen LogP contribution in [0.25, 0.3) is 0 Å². The van der Waals surface area contributed by atoms with Gasteiger partial charge in [-0.25, -0.2) is 9.59 Å². The number of benzene rings is 1. The molecule has 1 N–H and O–H groups in total. The number of ether oxygens (including phenoxy) is 2. The third-order valence-electron chi connectivity index (χ3n) is 3.07. The summed E-state index contributed by atoms with van der Waals surface area (Å²) in [7, 11) is 0. The van der Waals surface area contributed by atoms with E-state index in [1.807, 2.05) is 6.07 Å². The van der Waals surface area contributed by atoms with Crippen molar-refractivity contribution >= 4 is 17.8 Å². The van der Waals surface area contributed by atoms with E-state index >= 15 is 0 Å². The topological polar surface area (TPSA) is 105 Å². The Hall–Kier alpha value is -2.88. The van der Waals surface area contributed by atoms with E-state index in [0.717, 1.165) is 5.56 Å². The van der Waals surface area contributed by atoms with Gasteiger partial charge in [0.15, 0.2) is 0 Å². The van der Waals surface area contributed by atoms with Gasteiger partial charge in [-0.15, -0.1) is 0 Å². The van der Waals surface area contributed by atoms with E-state index in [0.29, 0.717) is 12.0 Å². The first-order valence-corrected chi connectivity index (χ1v) is 7.63. The molecule has 1 rings (SSSR count). The highest BCUT2D eigenvalue weighted by molar-refractivity contribution is 6.02. The van der Waals surface area contributed by atoms with Crippen LogP contribution >= 0.6 is 0 Å². The summed E-state index contributed by atoms with van der Waals surface area (Å²) < 4.78 is 9.55. The van der Waals surface area contributed by atoms with Crippen molar-refractivity contribution in [1.82, 2.24) is 5.32 Å². The normalized spacial score (nSPS) is 9.92. The number of aryl methyl sites for hydroxylation is 1. The summed E-state index contributed by atoms with van der Waals surface area (Å²) in [6, 6.07) is 7.37. The Kier molecular flexibility index (Phi) is 7.99. The number of nitrogens with zero attached hydrogens (tertiary/aromatic N) is 1. The minimum Gasteiger partial charge on any atom is -0.464 e. The first-order valence-electron chi connectivity index (χ1n) is 7.63. The lowest BCUT2D eigenvalue weighted by Crippen LogP contribution is -2.48. The predicted molar refractivity (Wildman–Crippen MR) is 84.7 cm³/mol. The number of nitriles is 1. The zero-order valence-electron chi connectivity index (χ0n) is 13.7. The Morgan fingerprint density at radius 2 is 1.62 bits per heavy atom. The molecule has 1 aromatic carbocycles. The maximum atomic E-state index is 12.0. The second-order valence-corrected chi connectivity index (χ2v) is 4.81. The molecule has 0 unspecified atom stereocenters. The van der Waals surface area contributed by atoms with Crippen LogP contribution in [0.2, 0.25) is 0 Å². The van der Waals surface area contributed by atoms with E-state index in [4.69, 9.17) is 14.7 Å². The maximum Gasteiger partial charge on any atom is 0.340 e. The van der Waals surface area contributed by atoms with Crippen LogP contribution in [0.15, 0.2) is 24.3 Å². The van der Waals surface area contributed by atoms with Crippen LogP contribution in [-0.2, 0) is 30.3 Å². The molecule has 0 aliphatic heterocycles. The molecule has 7 nitrogen and oxygen atoms in total. The van der Waals surface area contributed by atoms with Gasteiger partial charge in [-0.2, -0.15) is 5.26 Å². The molecule has 0 aliphatic carbocycles. The Balaban J connectivity index is 2.61. The van der Waals surface area contributed by atoms with Crippen molar-refractivity contribution < 1.29 is 23.9 Å². The van der Waals surface area contributed by atoms with Crippen molar-refractivity contribution in [2.24, 2.45) is 0 Å². The Morgan fingerprint density at radius 3 is 2.08 bits per heavy atom. The largest absolute Gasteiger partial charge is 0.464 e. The van der Waals surface area contributed by atoms with E-state index in [1.165, 1.54) is 0 Å². The minimum absolute atomic E-state index is 0.0845. The van der Waals surface area contributed by atoms with Crippen LogP contribution < -0.4 is 5.32 Å². The van der Waals surface area contributed by atoms with E-state index in [-0.39, 0.29) is 19.6 Å². The van der Waals surface area contributed by atoms with Crippen molar-refractivity contribution in [3.63, 3.8) is 0 Å². The van der Waals surface area contributed by atoms with Gasteiger partial charge in [0.05, 0.1) is 24.8 Å². The van der Waals surface area contributed by atoms with Gasteiger partial charge in [0.25, 0.3) is 0 Å². The second kappa shape index (κ2) is 10.0. The molecular formula is C17H20N2O5. The van der Waals surface area contributed by atoms with E-state index in [1.54, 1.807) is 38.1 Å². The lowest BCUT2D eigenvalue weighted by molar-refractivity contribution is -0.159. The van der Waals surface area contributed by atoms with Gasteiger partial charge in [0.1, 0.15) is 0 Å². The molecule has 0 aromatic heterocycles. The smallest absolute Gasteiger partial charge is 0.340 e. The first kappa shape index (κ1) is 19.2. The molecule has 128 valence electrons. The average Bonchev–Trinajstić information content (AvgIpc) is 2.58. The van der Waals surface area contributed by atoms with Gasteiger partial charge in [0, 0.05) is 6.42 Å². The zero-order chi connectivity index (χ0) is 17.9. The zero-order valence-corrected chi connectivity index (χ0v) is 13.7. The molecular weight excluding hydrogens is 312 g/mol. The van der Waals surface area contributed by atoms with Crippen molar-refractivity contribution in [2.45, 2.75) is 32.7 Å². The molecule has 1 amide bonds. The monoisotopic (exact) mass is 332 g/mol. The summed E-state index contributed by atoms with van der Waals surface area (Å²) in [6.45, 7) is 3.39. The maximum absolute atomic E-state index is 12.0. The highest BCUT2D eigenvalue weighted by atomic mass is 16.6. The molecule has 0 bridgehead atoms. The fraction of sp³-hybridized carbons (Fsp3) is 0.412. The number of esters is 2. The van der Waals surface area contributed by atoms with Crippen LogP contribution in [0.3, 0.4) is 0 Å². The quantitative estimate of drug-likeness (QED) is 0.564. The molecule has 0 radical (unpaired) electrons. The second-order valence-electron chi connectivity index (χ2n) is 4.81. The molecule has 7 heteroatoms. The van der Waals surface area contributed by atoms with Crippen molar-refractivity contribution in [3.05, 3.63) is 35.4 Å². The Morgan fingerprint density at radius 1 is 1.08 bits per heavy atom. The standard InChI is InChI=1S/C17H20N2O5/c1-3-23-16(21)15(17(22)24-4-2)19-14(20)10-9-12-5-7-13(11-18)8-6-12/h5-8,15H,3-4,9-10H2,1-2H3,(H,19,20). The number of carbonyl (C=O) groups is 3. The summed E-state index contributed by atoms with van der Waals surface area (Å²) in [4.78, 5) is 35.5. The summed E-state index contributed by atoms with van der Waals surface area (Å²) in [5.74, 6) is -2.16. The fourth-order valence-corrected chi connectivity index (χ4v) is 1.90. The third-order valence-corrected chi connectivity index (χ3v) is 3.07. The average molecular weight is 332 g/mol. The number of nitrogens with one attached hydrogen (secondary N) is 1. The van der Waals surface area contributed by atoms with E-state index in [9.17, 15) is 14.4 Å². The van der Waals surface area contributed by atoms with Gasteiger partial charge >= 0.3 is 11.9 Å². The number of rotatable bonds is 8. The van der Waals surface area contributed by atoms with Crippen LogP contribution in [-0.4, -0.2) is 37.1 Å². The van der Waals surface area contributed by atoms with Crippen LogP contribution in [0.5, 0.6) is 0 Å². The van der Waals surface area contributed by atoms with Crippen molar-refractivity contribution in [1.29, 1.82) is 5.26 Å². The molecule has 1 aromatic rings. The highest BCUT2D eigenvalue weighted by Crippen LogP contribution is 2.06. The predicted octanol–water partition coefficient (Wildman–Crippen LogP) is 1.10. The number of carbonyl (C=O) groups excluding carboxylic acids is 3. The summed E-state index contributed by atoms with van der Waals surface area (Å²) >= 11 is 0. The SMILES string of the molecule is CCOC(=O)C(NC(=O)CCc1ccc(C#N)cc1)C(=O)OCC. The summed E-state index contributed by atoms with van der Waals surface area (Å²) in [6.07, 6.45) is 0.497. The Labute approximate surface area is 140 Å². The molecule has 24 heavy (non-hydrogen) atoms. The molecule has 0 spiro atoms. The van der Waals surface area contributed by atoms with Crippen LogP contribution in [0.4, 0.5) is 0 Å². The molecule has 0 saturated heterocycles. The number of hydrogen-bond acceptors (Lipinski definition) is 6. The summed E-state index contributed by atoms with van der Waals surface area (Å²) in [5.41, 5.74) is 1.40. The van der Waals surface area contributed by atoms with E-state index in [2.05, 4.69) is 5.32 Å². The fourth-order valence-electron chi connectivity index (χ4n) is 1.90. The number of amides is 1. The van der Waals surface area contributed by atoms with Gasteiger partial charge < -0.3 is 14.8 Å². The van der Waals surface area contributed by atoms with Gasteiger partial charge in [-0.05, 0) is 38.0 Å². The van der Waals surface area contributed by atoms with Crippen molar-refractivity contribution in [3.8, 4) is 6.07 Å². The highest BCUT2D eigenvalue weighted by Gasteiger charge is 2.30. The minimum atomic E-state index is -1.46. The number of hydrogen-bond donors (Lipinski definition) is 1. The third kappa shape index (κ3) is 6.08. The molecule has 0 aliphatic rings. The van der Waals surface area contributed by atoms with Gasteiger partial charge in [-0.1, -0.05) is 12.1 Å². The van der Waals surface area contributed by atoms with Gasteiger partial charge in [-0.3, -0.25) is 4.79 Å². The van der Waals surface area contributed by atoms with Crippen molar-refractivity contribution in [2.75, 3.05) is 13.2 Å². The lowest BCUT2D eigenvalue weighted by atomic mass is 10.1. The first-order chi connectivity index (χ1) is 11.5. The Bertz CT molecular complexity index is 601. The molecule has 0 atom stereocenters.